The first-order valence-electron chi connectivity index (χ1n) is 6.74. The van der Waals surface area contributed by atoms with Gasteiger partial charge in [-0.3, -0.25) is 4.79 Å². The number of rotatable bonds is 7. The van der Waals surface area contributed by atoms with Crippen molar-refractivity contribution in [3.8, 4) is 0 Å². The number of hydrogen-bond acceptors (Lipinski definition) is 3. The summed E-state index contributed by atoms with van der Waals surface area (Å²) in [4.78, 5) is 11.0. The van der Waals surface area contributed by atoms with Gasteiger partial charge in [-0.25, -0.2) is 8.42 Å². The summed E-state index contributed by atoms with van der Waals surface area (Å²) in [7, 11) is -3.67. The van der Waals surface area contributed by atoms with Gasteiger partial charge in [0.25, 0.3) is 0 Å². The number of nitrogens with two attached hydrogens (primary N) is 1. The molecule has 6 heteroatoms. The van der Waals surface area contributed by atoms with Gasteiger partial charge in [-0.15, -0.1) is 0 Å². The van der Waals surface area contributed by atoms with Crippen LogP contribution in [0.15, 0.2) is 29.7 Å². The monoisotopic (exact) mass is 310 g/mol. The van der Waals surface area contributed by atoms with E-state index in [2.05, 4.69) is 0 Å². The zero-order chi connectivity index (χ0) is 16.0. The van der Waals surface area contributed by atoms with Crippen LogP contribution in [0.25, 0.3) is 6.08 Å². The van der Waals surface area contributed by atoms with E-state index in [-0.39, 0.29) is 19.0 Å². The lowest BCUT2D eigenvalue weighted by Gasteiger charge is -2.20. The fourth-order valence-corrected chi connectivity index (χ4v) is 3.08. The van der Waals surface area contributed by atoms with E-state index in [1.807, 2.05) is 45.0 Å². The molecule has 21 heavy (non-hydrogen) atoms. The molecule has 0 heterocycles. The van der Waals surface area contributed by atoms with Crippen molar-refractivity contribution in [2.24, 2.45) is 11.7 Å². The minimum Gasteiger partial charge on any atom is -0.369 e. The highest BCUT2D eigenvalue weighted by Crippen LogP contribution is 2.11. The molecule has 0 atom stereocenters. The predicted molar refractivity (Wildman–Crippen MR) is 84.7 cm³/mol. The van der Waals surface area contributed by atoms with E-state index in [1.54, 1.807) is 0 Å². The maximum absolute atomic E-state index is 12.3. The molecule has 0 saturated heterocycles. The standard InChI is InChI=1S/C15H22N2O3S/c1-12(2)10-17(11-15(16)18)21(19,20)9-8-14-6-4-13(3)5-7-14/h4-9,12H,10-11H2,1-3H3,(H2,16,18). The second-order valence-corrected chi connectivity index (χ2v) is 7.23. The first-order valence-corrected chi connectivity index (χ1v) is 8.24. The molecular weight excluding hydrogens is 288 g/mol. The van der Waals surface area contributed by atoms with Crippen LogP contribution in [-0.2, 0) is 14.8 Å². The van der Waals surface area contributed by atoms with Gasteiger partial charge in [0.05, 0.1) is 6.54 Å². The van der Waals surface area contributed by atoms with Crippen molar-refractivity contribution >= 4 is 22.0 Å². The van der Waals surface area contributed by atoms with E-state index < -0.39 is 15.9 Å². The lowest BCUT2D eigenvalue weighted by molar-refractivity contribution is -0.118. The molecule has 0 aliphatic heterocycles. The summed E-state index contributed by atoms with van der Waals surface area (Å²) in [5, 5.41) is 1.11. The molecule has 1 rings (SSSR count). The molecule has 0 saturated carbocycles. The predicted octanol–water partition coefficient (Wildman–Crippen LogP) is 1.74. The average molecular weight is 310 g/mol. The second-order valence-electron chi connectivity index (χ2n) is 5.41. The lowest BCUT2D eigenvalue weighted by Crippen LogP contribution is -2.39. The van der Waals surface area contributed by atoms with Crippen LogP contribution in [0.5, 0.6) is 0 Å². The topological polar surface area (TPSA) is 80.5 Å². The fraction of sp³-hybridized carbons (Fsp3) is 0.400. The molecule has 0 unspecified atom stereocenters. The van der Waals surface area contributed by atoms with Gasteiger partial charge in [-0.2, -0.15) is 4.31 Å². The van der Waals surface area contributed by atoms with Gasteiger partial charge in [0, 0.05) is 12.0 Å². The summed E-state index contributed by atoms with van der Waals surface area (Å²) in [5.74, 6) is -0.560. The van der Waals surface area contributed by atoms with Gasteiger partial charge >= 0.3 is 0 Å². The summed E-state index contributed by atoms with van der Waals surface area (Å²) in [6.07, 6.45) is 1.52. The molecule has 0 spiro atoms. The number of carbonyl (C=O) groups excluding carboxylic acids is 1. The molecule has 0 aliphatic carbocycles. The average Bonchev–Trinajstić information content (AvgIpc) is 2.36. The zero-order valence-electron chi connectivity index (χ0n) is 12.6. The number of hydrogen-bond donors (Lipinski definition) is 1. The lowest BCUT2D eigenvalue weighted by atomic mass is 10.2. The van der Waals surface area contributed by atoms with E-state index in [1.165, 1.54) is 6.08 Å². The summed E-state index contributed by atoms with van der Waals surface area (Å²) in [6, 6.07) is 7.48. The highest BCUT2D eigenvalue weighted by atomic mass is 32.2. The molecule has 0 aromatic heterocycles. The largest absolute Gasteiger partial charge is 0.369 e. The Morgan fingerprint density at radius 2 is 1.86 bits per heavy atom. The van der Waals surface area contributed by atoms with E-state index >= 15 is 0 Å². The van der Waals surface area contributed by atoms with Gasteiger partial charge in [-0.1, -0.05) is 43.7 Å². The minimum atomic E-state index is -3.67. The van der Waals surface area contributed by atoms with Crippen molar-refractivity contribution in [2.75, 3.05) is 13.1 Å². The van der Waals surface area contributed by atoms with Crippen molar-refractivity contribution in [1.82, 2.24) is 4.31 Å². The molecule has 2 N–H and O–H groups in total. The first kappa shape index (κ1) is 17.4. The van der Waals surface area contributed by atoms with Crippen LogP contribution < -0.4 is 5.73 Å². The van der Waals surface area contributed by atoms with Gasteiger partial charge in [0.15, 0.2) is 0 Å². The Balaban J connectivity index is 2.94. The molecule has 0 radical (unpaired) electrons. The highest BCUT2D eigenvalue weighted by molar-refractivity contribution is 7.92. The summed E-state index contributed by atoms with van der Waals surface area (Å²) >= 11 is 0. The van der Waals surface area contributed by atoms with Crippen LogP contribution in [0.2, 0.25) is 0 Å². The number of nitrogens with zero attached hydrogens (tertiary/aromatic N) is 1. The fourth-order valence-electron chi connectivity index (χ4n) is 1.77. The van der Waals surface area contributed by atoms with Crippen LogP contribution in [0.3, 0.4) is 0 Å². The Kier molecular flexibility index (Phi) is 6.11. The van der Waals surface area contributed by atoms with Crippen LogP contribution in [0.1, 0.15) is 25.0 Å². The van der Waals surface area contributed by atoms with E-state index in [9.17, 15) is 13.2 Å². The molecule has 1 aromatic rings. The molecule has 0 fully saturated rings. The number of sulfonamides is 1. The van der Waals surface area contributed by atoms with Crippen molar-refractivity contribution in [3.63, 3.8) is 0 Å². The quantitative estimate of drug-likeness (QED) is 0.833. The molecular formula is C15H22N2O3S. The Labute approximate surface area is 126 Å². The molecule has 1 amide bonds. The van der Waals surface area contributed by atoms with Crippen LogP contribution in [-0.4, -0.2) is 31.7 Å². The van der Waals surface area contributed by atoms with Crippen molar-refractivity contribution in [1.29, 1.82) is 0 Å². The maximum atomic E-state index is 12.3. The maximum Gasteiger partial charge on any atom is 0.236 e. The normalized spacial score (nSPS) is 12.4. The number of primary amides is 1. The third-order valence-electron chi connectivity index (χ3n) is 2.77. The minimum absolute atomic E-state index is 0.104. The van der Waals surface area contributed by atoms with Crippen molar-refractivity contribution in [2.45, 2.75) is 20.8 Å². The van der Waals surface area contributed by atoms with Crippen LogP contribution in [0.4, 0.5) is 0 Å². The Morgan fingerprint density at radius 1 is 1.29 bits per heavy atom. The third kappa shape index (κ3) is 6.10. The van der Waals surface area contributed by atoms with Gasteiger partial charge in [0.1, 0.15) is 0 Å². The summed E-state index contributed by atoms with van der Waals surface area (Å²) in [5.41, 5.74) is 7.01. The third-order valence-corrected chi connectivity index (χ3v) is 4.25. The van der Waals surface area contributed by atoms with Gasteiger partial charge in [0.2, 0.25) is 15.9 Å². The number of amides is 1. The second kappa shape index (κ2) is 7.38. The molecule has 1 aromatic carbocycles. The van der Waals surface area contributed by atoms with Gasteiger partial charge in [-0.05, 0) is 24.5 Å². The van der Waals surface area contributed by atoms with Crippen molar-refractivity contribution < 1.29 is 13.2 Å². The SMILES string of the molecule is Cc1ccc(C=CS(=O)(=O)N(CC(N)=O)CC(C)C)cc1. The molecule has 0 bridgehead atoms. The Bertz CT molecular complexity index is 604. The van der Waals surface area contributed by atoms with Crippen LogP contribution in [0, 0.1) is 12.8 Å². The number of carbonyl (C=O) groups is 1. The number of aryl methyl sites for hydroxylation is 1. The Hall–Kier alpha value is -1.66. The molecule has 5 nitrogen and oxygen atoms in total. The summed E-state index contributed by atoms with van der Waals surface area (Å²) < 4.78 is 25.6. The van der Waals surface area contributed by atoms with E-state index in [4.69, 9.17) is 5.73 Å². The van der Waals surface area contributed by atoms with Crippen molar-refractivity contribution in [3.05, 3.63) is 40.8 Å². The van der Waals surface area contributed by atoms with Crippen LogP contribution >= 0.6 is 0 Å². The van der Waals surface area contributed by atoms with Gasteiger partial charge < -0.3 is 5.73 Å². The van der Waals surface area contributed by atoms with E-state index in [0.717, 1.165) is 20.8 Å². The molecule has 116 valence electrons. The Morgan fingerprint density at radius 3 is 2.33 bits per heavy atom. The smallest absolute Gasteiger partial charge is 0.236 e. The number of benzene rings is 1. The first-order chi connectivity index (χ1) is 9.70. The summed E-state index contributed by atoms with van der Waals surface area (Å²) in [6.45, 7) is 5.67. The highest BCUT2D eigenvalue weighted by Gasteiger charge is 2.21. The van der Waals surface area contributed by atoms with E-state index in [0.29, 0.717) is 0 Å². The molecule has 0 aliphatic rings. The zero-order valence-corrected chi connectivity index (χ0v) is 13.4.